The molecule has 3 aliphatic rings. The molecule has 3 fully saturated rings. The molecule has 2 aromatic rings. The Bertz CT molecular complexity index is 1380. The van der Waals surface area contributed by atoms with E-state index >= 15 is 0 Å². The second-order valence-electron chi connectivity index (χ2n) is 12.2. The Balaban J connectivity index is 1.46. The van der Waals surface area contributed by atoms with E-state index < -0.39 is 27.4 Å². The van der Waals surface area contributed by atoms with Crippen LogP contribution in [-0.4, -0.2) is 58.5 Å². The van der Waals surface area contributed by atoms with Crippen LogP contribution in [0.3, 0.4) is 0 Å². The summed E-state index contributed by atoms with van der Waals surface area (Å²) < 4.78 is 37.7. The van der Waals surface area contributed by atoms with E-state index in [9.17, 15) is 18.7 Å². The van der Waals surface area contributed by atoms with Crippen molar-refractivity contribution in [1.82, 2.24) is 10.3 Å². The van der Waals surface area contributed by atoms with Crippen LogP contribution in [0.15, 0.2) is 33.0 Å². The molecule has 2 aliphatic carbocycles. The SMILES string of the molecule is CN=S1(=O)CCN(c2ccc(-c3oc(C(C)(C)C)nc3[C@@H]3CC[C@H](F)C[C@H]3C(=O)NC3(C#N)CC3)cc2)CC1. The highest BCUT2D eigenvalue weighted by Crippen LogP contribution is 2.45. The van der Waals surface area contributed by atoms with Gasteiger partial charge in [-0.05, 0) is 56.4 Å². The van der Waals surface area contributed by atoms with Crippen molar-refractivity contribution in [2.45, 2.75) is 75.9 Å². The maximum atomic E-state index is 14.6. The predicted octanol–water partition coefficient (Wildman–Crippen LogP) is 4.95. The van der Waals surface area contributed by atoms with Crippen molar-refractivity contribution in [2.75, 3.05) is 36.5 Å². The van der Waals surface area contributed by atoms with Gasteiger partial charge in [-0.25, -0.2) is 17.9 Å². The van der Waals surface area contributed by atoms with Crippen molar-refractivity contribution < 1.29 is 17.8 Å². The molecule has 2 saturated carbocycles. The molecule has 8 nitrogen and oxygen atoms in total. The van der Waals surface area contributed by atoms with E-state index in [0.717, 1.165) is 11.3 Å². The summed E-state index contributed by atoms with van der Waals surface area (Å²) in [4.78, 5) is 20.5. The minimum absolute atomic E-state index is 0.107. The van der Waals surface area contributed by atoms with Crippen LogP contribution in [0.1, 0.15) is 70.4 Å². The van der Waals surface area contributed by atoms with Crippen LogP contribution in [0.5, 0.6) is 0 Å². The first-order chi connectivity index (χ1) is 18.5. The molecule has 1 aromatic carbocycles. The van der Waals surface area contributed by atoms with Crippen LogP contribution < -0.4 is 10.2 Å². The van der Waals surface area contributed by atoms with Crippen LogP contribution in [0.2, 0.25) is 0 Å². The lowest BCUT2D eigenvalue weighted by Crippen LogP contribution is -2.44. The number of hydrogen-bond acceptors (Lipinski definition) is 7. The molecule has 1 saturated heterocycles. The third-order valence-corrected chi connectivity index (χ3v) is 10.6. The molecule has 210 valence electrons. The third kappa shape index (κ3) is 5.69. The quantitative estimate of drug-likeness (QED) is 0.559. The van der Waals surface area contributed by atoms with Gasteiger partial charge in [-0.2, -0.15) is 5.26 Å². The number of nitrogens with one attached hydrogen (secondary N) is 1. The summed E-state index contributed by atoms with van der Waals surface area (Å²) in [7, 11) is -0.458. The molecule has 1 amide bonds. The summed E-state index contributed by atoms with van der Waals surface area (Å²) in [5, 5.41) is 12.4. The zero-order valence-electron chi connectivity index (χ0n) is 23.2. The fraction of sp³-hybridized carbons (Fsp3) is 0.621. The Kier molecular flexibility index (Phi) is 7.25. The van der Waals surface area contributed by atoms with Crippen LogP contribution in [0.25, 0.3) is 11.3 Å². The highest BCUT2D eigenvalue weighted by molar-refractivity contribution is 7.93. The van der Waals surface area contributed by atoms with Gasteiger partial charge in [0, 0.05) is 69.9 Å². The number of nitrogens with zero attached hydrogens (tertiary/aromatic N) is 4. The number of hydrogen-bond donors (Lipinski definition) is 1. The van der Waals surface area contributed by atoms with Crippen molar-refractivity contribution in [3.63, 3.8) is 0 Å². The molecule has 1 aromatic heterocycles. The summed E-state index contributed by atoms with van der Waals surface area (Å²) in [6, 6.07) is 10.2. The predicted molar refractivity (Wildman–Crippen MR) is 150 cm³/mol. The molecular weight excluding hydrogens is 517 g/mol. The normalized spacial score (nSPS) is 25.9. The van der Waals surface area contributed by atoms with E-state index in [0.29, 0.717) is 67.6 Å². The Morgan fingerprint density at radius 2 is 1.90 bits per heavy atom. The number of benzene rings is 1. The number of amides is 1. The molecule has 5 rings (SSSR count). The lowest BCUT2D eigenvalue weighted by Gasteiger charge is -2.32. The highest BCUT2D eigenvalue weighted by atomic mass is 32.2. The number of rotatable bonds is 5. The van der Waals surface area contributed by atoms with Gasteiger partial charge in [0.25, 0.3) is 0 Å². The summed E-state index contributed by atoms with van der Waals surface area (Å²) in [6.07, 6.45) is 1.14. The fourth-order valence-corrected chi connectivity index (χ4v) is 7.13. The van der Waals surface area contributed by atoms with Crippen molar-refractivity contribution in [3.05, 3.63) is 35.9 Å². The molecule has 1 N–H and O–H groups in total. The summed E-state index contributed by atoms with van der Waals surface area (Å²) in [5.41, 5.74) is 1.40. The molecule has 0 unspecified atom stereocenters. The van der Waals surface area contributed by atoms with Gasteiger partial charge in [0.05, 0.1) is 11.8 Å². The van der Waals surface area contributed by atoms with Gasteiger partial charge < -0.3 is 14.6 Å². The number of nitriles is 1. The zero-order valence-corrected chi connectivity index (χ0v) is 24.0. The Morgan fingerprint density at radius 3 is 2.46 bits per heavy atom. The van der Waals surface area contributed by atoms with E-state index in [1.807, 2.05) is 45.0 Å². The first-order valence-electron chi connectivity index (χ1n) is 13.8. The molecule has 2 heterocycles. The van der Waals surface area contributed by atoms with Gasteiger partial charge in [0.1, 0.15) is 11.7 Å². The molecule has 1 aliphatic heterocycles. The van der Waals surface area contributed by atoms with Gasteiger partial charge in [0.15, 0.2) is 5.76 Å². The number of oxazole rings is 1. The second-order valence-corrected chi connectivity index (χ2v) is 14.9. The second kappa shape index (κ2) is 10.2. The number of alkyl halides is 1. The maximum absolute atomic E-state index is 14.6. The monoisotopic (exact) mass is 555 g/mol. The number of anilines is 1. The van der Waals surface area contributed by atoms with Gasteiger partial charge in [-0.3, -0.25) is 4.79 Å². The van der Waals surface area contributed by atoms with Crippen molar-refractivity contribution >= 4 is 21.3 Å². The highest BCUT2D eigenvalue weighted by Gasteiger charge is 2.48. The van der Waals surface area contributed by atoms with E-state index in [2.05, 4.69) is 20.6 Å². The van der Waals surface area contributed by atoms with Gasteiger partial charge in [-0.15, -0.1) is 0 Å². The summed E-state index contributed by atoms with van der Waals surface area (Å²) in [5.74, 6) is 1.09. The lowest BCUT2D eigenvalue weighted by atomic mass is 9.75. The van der Waals surface area contributed by atoms with Gasteiger partial charge in [-0.1, -0.05) is 20.8 Å². The van der Waals surface area contributed by atoms with E-state index in [4.69, 9.17) is 9.40 Å². The third-order valence-electron chi connectivity index (χ3n) is 8.28. The van der Waals surface area contributed by atoms with Crippen LogP contribution in [0.4, 0.5) is 10.1 Å². The lowest BCUT2D eigenvalue weighted by molar-refractivity contribution is -0.128. The Morgan fingerprint density at radius 1 is 1.23 bits per heavy atom. The fourth-order valence-electron chi connectivity index (χ4n) is 5.55. The van der Waals surface area contributed by atoms with Crippen molar-refractivity contribution in [3.8, 4) is 17.4 Å². The molecule has 39 heavy (non-hydrogen) atoms. The van der Waals surface area contributed by atoms with E-state index in [-0.39, 0.29) is 23.7 Å². The number of carbonyl (C=O) groups is 1. The number of carbonyl (C=O) groups excluding carboxylic acids is 1. The largest absolute Gasteiger partial charge is 0.440 e. The van der Waals surface area contributed by atoms with E-state index in [1.165, 1.54) is 0 Å². The zero-order chi connectivity index (χ0) is 28.0. The van der Waals surface area contributed by atoms with Gasteiger partial charge >= 0.3 is 0 Å². The molecule has 0 bridgehead atoms. The number of aromatic nitrogens is 1. The minimum atomic E-state index is -2.09. The first-order valence-corrected chi connectivity index (χ1v) is 15.7. The van der Waals surface area contributed by atoms with Crippen molar-refractivity contribution in [1.29, 1.82) is 5.26 Å². The van der Waals surface area contributed by atoms with Gasteiger partial charge in [0.2, 0.25) is 11.8 Å². The minimum Gasteiger partial charge on any atom is -0.440 e. The Hall–Kier alpha value is -2.93. The molecule has 0 radical (unpaired) electrons. The average molecular weight is 556 g/mol. The van der Waals surface area contributed by atoms with Crippen LogP contribution in [0, 0.1) is 17.2 Å². The number of halogens is 1. The standard InChI is InChI=1S/C29H38FN5O3S/c1-28(2,3)27-33-24(22-10-7-20(30)17-23(22)26(36)34-29(18-31)11-12-29)25(38-27)19-5-8-21(9-6-19)35-13-15-39(37,32-4)16-14-35/h5-6,8-9,20,22-23H,7,10-17H2,1-4H3,(H,34,36)/t20-,22+,23+/m0/s1. The molecular formula is C29H38FN5O3S. The Labute approximate surface area is 230 Å². The first kappa shape index (κ1) is 27.6. The van der Waals surface area contributed by atoms with Crippen LogP contribution >= 0.6 is 0 Å². The van der Waals surface area contributed by atoms with Crippen molar-refractivity contribution in [2.24, 2.45) is 10.3 Å². The summed E-state index contributed by atoms with van der Waals surface area (Å²) in [6.45, 7) is 7.45. The smallest absolute Gasteiger partial charge is 0.225 e. The van der Waals surface area contributed by atoms with E-state index in [1.54, 1.807) is 7.05 Å². The summed E-state index contributed by atoms with van der Waals surface area (Å²) >= 11 is 0. The molecule has 10 heteroatoms. The topological polar surface area (TPSA) is 112 Å². The molecule has 3 atom stereocenters. The maximum Gasteiger partial charge on any atom is 0.225 e. The average Bonchev–Trinajstić information content (AvgIpc) is 3.54. The molecule has 0 spiro atoms. The van der Waals surface area contributed by atoms with Crippen LogP contribution in [-0.2, 0) is 19.9 Å².